The lowest BCUT2D eigenvalue weighted by Crippen LogP contribution is -2.33. The van der Waals surface area contributed by atoms with Gasteiger partial charge < -0.3 is 10.2 Å². The third-order valence-corrected chi connectivity index (χ3v) is 4.16. The van der Waals surface area contributed by atoms with Crippen LogP contribution < -0.4 is 10.2 Å². The summed E-state index contributed by atoms with van der Waals surface area (Å²) in [5, 5.41) is 7.43. The molecule has 6 nitrogen and oxygen atoms in total. The molecule has 0 bridgehead atoms. The van der Waals surface area contributed by atoms with Crippen LogP contribution in [0.25, 0.3) is 5.69 Å². The molecule has 1 saturated heterocycles. The van der Waals surface area contributed by atoms with Crippen molar-refractivity contribution in [3.63, 3.8) is 0 Å². The van der Waals surface area contributed by atoms with E-state index >= 15 is 0 Å². The molecule has 4 rings (SSSR count). The molecule has 1 fully saturated rings. The first-order chi connectivity index (χ1) is 11.8. The summed E-state index contributed by atoms with van der Waals surface area (Å²) in [5.41, 5.74) is 2.81. The van der Waals surface area contributed by atoms with E-state index in [1.165, 1.54) is 6.33 Å². The van der Waals surface area contributed by atoms with Gasteiger partial charge in [-0.2, -0.15) is 5.10 Å². The summed E-state index contributed by atoms with van der Waals surface area (Å²) in [6.07, 6.45) is 3.95. The first-order valence-electron chi connectivity index (χ1n) is 7.89. The van der Waals surface area contributed by atoms with Crippen molar-refractivity contribution in [2.75, 3.05) is 16.8 Å². The number of nitrogens with zero attached hydrogens (tertiary/aromatic N) is 4. The smallest absolute Gasteiger partial charge is 0.249 e. The Morgan fingerprint density at radius 1 is 1.00 bits per heavy atom. The second kappa shape index (κ2) is 6.16. The fourth-order valence-corrected chi connectivity index (χ4v) is 2.93. The number of aromatic nitrogens is 3. The van der Waals surface area contributed by atoms with Gasteiger partial charge in [-0.25, -0.2) is 9.67 Å². The van der Waals surface area contributed by atoms with Crippen molar-refractivity contribution in [2.24, 2.45) is 0 Å². The Balaban J connectivity index is 1.45. The van der Waals surface area contributed by atoms with Gasteiger partial charge in [0.1, 0.15) is 18.7 Å². The van der Waals surface area contributed by atoms with Gasteiger partial charge in [-0.3, -0.25) is 4.79 Å². The molecule has 1 aliphatic heterocycles. The lowest BCUT2D eigenvalue weighted by molar-refractivity contribution is -0.117. The average molecular weight is 319 g/mol. The molecule has 120 valence electrons. The van der Waals surface area contributed by atoms with Crippen molar-refractivity contribution < 1.29 is 4.79 Å². The maximum atomic E-state index is 12.6. The zero-order chi connectivity index (χ0) is 16.4. The minimum Gasteiger partial charge on any atom is -0.374 e. The first kappa shape index (κ1) is 14.4. The Kier molecular flexibility index (Phi) is 3.70. The van der Waals surface area contributed by atoms with Gasteiger partial charge in [0.2, 0.25) is 5.91 Å². The Hall–Kier alpha value is -3.15. The van der Waals surface area contributed by atoms with Crippen molar-refractivity contribution in [1.82, 2.24) is 14.8 Å². The van der Waals surface area contributed by atoms with Gasteiger partial charge in [-0.15, -0.1) is 0 Å². The maximum absolute atomic E-state index is 12.6. The van der Waals surface area contributed by atoms with E-state index in [0.717, 1.165) is 30.0 Å². The molecule has 24 heavy (non-hydrogen) atoms. The molecule has 0 unspecified atom stereocenters. The summed E-state index contributed by atoms with van der Waals surface area (Å²) in [6.45, 7) is 0.734. The summed E-state index contributed by atoms with van der Waals surface area (Å²) in [5.74, 6) is 0.113. The number of anilines is 2. The van der Waals surface area contributed by atoms with Gasteiger partial charge >= 0.3 is 0 Å². The maximum Gasteiger partial charge on any atom is 0.249 e. The van der Waals surface area contributed by atoms with Crippen LogP contribution in [-0.2, 0) is 4.79 Å². The van der Waals surface area contributed by atoms with Crippen LogP contribution in [0.15, 0.2) is 67.3 Å². The molecular formula is C18H17N5O. The van der Waals surface area contributed by atoms with Crippen LogP contribution in [0.1, 0.15) is 6.42 Å². The summed E-state index contributed by atoms with van der Waals surface area (Å²) < 4.78 is 1.70. The van der Waals surface area contributed by atoms with E-state index in [1.807, 2.05) is 59.5 Å². The molecule has 1 atom stereocenters. The molecule has 1 aromatic heterocycles. The van der Waals surface area contributed by atoms with Crippen LogP contribution in [0.4, 0.5) is 11.4 Å². The molecule has 1 aliphatic rings. The number of para-hydroxylation sites is 1. The van der Waals surface area contributed by atoms with Gasteiger partial charge in [0.15, 0.2) is 0 Å². The van der Waals surface area contributed by atoms with Crippen LogP contribution in [0.2, 0.25) is 0 Å². The number of hydrogen-bond acceptors (Lipinski definition) is 4. The van der Waals surface area contributed by atoms with Crippen molar-refractivity contribution in [3.05, 3.63) is 67.3 Å². The molecular weight excluding hydrogens is 302 g/mol. The van der Waals surface area contributed by atoms with Gasteiger partial charge in [-0.1, -0.05) is 18.2 Å². The number of carbonyl (C=O) groups is 1. The quantitative estimate of drug-likeness (QED) is 0.802. The highest BCUT2D eigenvalue weighted by molar-refractivity contribution is 6.01. The second-order valence-electron chi connectivity index (χ2n) is 5.70. The lowest BCUT2D eigenvalue weighted by Gasteiger charge is -2.17. The molecule has 0 aliphatic carbocycles. The zero-order valence-electron chi connectivity index (χ0n) is 13.0. The predicted octanol–water partition coefficient (Wildman–Crippen LogP) is 2.48. The van der Waals surface area contributed by atoms with E-state index in [4.69, 9.17) is 0 Å². The zero-order valence-corrected chi connectivity index (χ0v) is 13.0. The van der Waals surface area contributed by atoms with E-state index in [9.17, 15) is 4.79 Å². The van der Waals surface area contributed by atoms with Crippen molar-refractivity contribution in [2.45, 2.75) is 12.5 Å². The van der Waals surface area contributed by atoms with Gasteiger partial charge in [0.25, 0.3) is 0 Å². The monoisotopic (exact) mass is 319 g/mol. The van der Waals surface area contributed by atoms with E-state index in [1.54, 1.807) is 11.0 Å². The number of rotatable bonds is 4. The first-order valence-corrected chi connectivity index (χ1v) is 7.89. The third kappa shape index (κ3) is 2.74. The highest BCUT2D eigenvalue weighted by atomic mass is 16.2. The minimum absolute atomic E-state index is 0.113. The molecule has 2 aromatic carbocycles. The molecule has 0 saturated carbocycles. The summed E-state index contributed by atoms with van der Waals surface area (Å²) in [7, 11) is 0. The fraction of sp³-hybridized carbons (Fsp3) is 0.167. The van der Waals surface area contributed by atoms with Crippen molar-refractivity contribution in [1.29, 1.82) is 0 Å². The summed E-state index contributed by atoms with van der Waals surface area (Å²) >= 11 is 0. The summed E-state index contributed by atoms with van der Waals surface area (Å²) in [4.78, 5) is 18.4. The Morgan fingerprint density at radius 3 is 2.50 bits per heavy atom. The topological polar surface area (TPSA) is 63.1 Å². The summed E-state index contributed by atoms with van der Waals surface area (Å²) in [6, 6.07) is 17.4. The Bertz CT molecular complexity index is 814. The van der Waals surface area contributed by atoms with Gasteiger partial charge in [-0.05, 0) is 42.8 Å². The molecule has 1 amide bonds. The van der Waals surface area contributed by atoms with Crippen LogP contribution in [-0.4, -0.2) is 33.3 Å². The largest absolute Gasteiger partial charge is 0.374 e. The number of benzene rings is 2. The molecule has 0 spiro atoms. The SMILES string of the molecule is O=C1[C@H](Nc2ccc(-n3cncn3)cc2)CCN1c1ccccc1. The molecule has 3 aromatic rings. The van der Waals surface area contributed by atoms with Crippen molar-refractivity contribution >= 4 is 17.3 Å². The van der Waals surface area contributed by atoms with E-state index in [0.29, 0.717) is 0 Å². The van der Waals surface area contributed by atoms with Gasteiger partial charge in [0, 0.05) is 17.9 Å². The van der Waals surface area contributed by atoms with E-state index < -0.39 is 0 Å². The molecule has 6 heteroatoms. The standard InChI is InChI=1S/C18H17N5O/c24-18-17(10-11-22(18)15-4-2-1-3-5-15)21-14-6-8-16(9-7-14)23-13-19-12-20-23/h1-9,12-13,17,21H,10-11H2/t17-/m1/s1. The molecule has 2 heterocycles. The van der Waals surface area contributed by atoms with E-state index in [2.05, 4.69) is 15.4 Å². The highest BCUT2D eigenvalue weighted by Gasteiger charge is 2.32. The van der Waals surface area contributed by atoms with Crippen LogP contribution in [0.5, 0.6) is 0 Å². The molecule has 1 N–H and O–H groups in total. The van der Waals surface area contributed by atoms with Crippen LogP contribution in [0.3, 0.4) is 0 Å². The van der Waals surface area contributed by atoms with E-state index in [-0.39, 0.29) is 11.9 Å². The normalized spacial score (nSPS) is 17.2. The highest BCUT2D eigenvalue weighted by Crippen LogP contribution is 2.23. The molecule has 0 radical (unpaired) electrons. The lowest BCUT2D eigenvalue weighted by atomic mass is 10.2. The predicted molar refractivity (Wildman–Crippen MR) is 92.2 cm³/mol. The number of carbonyl (C=O) groups excluding carboxylic acids is 1. The number of amides is 1. The number of nitrogens with one attached hydrogen (secondary N) is 1. The second-order valence-corrected chi connectivity index (χ2v) is 5.70. The van der Waals surface area contributed by atoms with Crippen LogP contribution in [0, 0.1) is 0 Å². The third-order valence-electron chi connectivity index (χ3n) is 4.16. The minimum atomic E-state index is -0.192. The van der Waals surface area contributed by atoms with Crippen molar-refractivity contribution in [3.8, 4) is 5.69 Å². The fourth-order valence-electron chi connectivity index (χ4n) is 2.93. The van der Waals surface area contributed by atoms with Gasteiger partial charge in [0.05, 0.1) is 5.69 Å². The number of hydrogen-bond donors (Lipinski definition) is 1. The average Bonchev–Trinajstić information content (AvgIpc) is 3.28. The Labute approximate surface area is 139 Å². The van der Waals surface area contributed by atoms with Crippen LogP contribution >= 0.6 is 0 Å². The Morgan fingerprint density at radius 2 is 1.79 bits per heavy atom.